The summed E-state index contributed by atoms with van der Waals surface area (Å²) in [5, 5.41) is 10.3. The second kappa shape index (κ2) is 6.08. The molecular weight excluding hydrogens is 272 g/mol. The van der Waals surface area contributed by atoms with E-state index in [1.165, 1.54) is 24.4 Å². The number of aliphatic hydroxyl groups is 1. The third-order valence-corrected chi connectivity index (χ3v) is 3.15. The number of benzene rings is 1. The topological polar surface area (TPSA) is 33.1 Å². The summed E-state index contributed by atoms with van der Waals surface area (Å²) < 4.78 is 26.9. The molecule has 0 saturated heterocycles. The molecule has 1 unspecified atom stereocenters. The van der Waals surface area contributed by atoms with Crippen molar-refractivity contribution in [3.8, 4) is 0 Å². The lowest BCUT2D eigenvalue weighted by atomic mass is 10.0. The SMILES string of the molecule is OC(Cc1ccncc1Cl)Cc1c(F)cccc1F. The Balaban J connectivity index is 2.10. The molecule has 1 heterocycles. The van der Waals surface area contributed by atoms with Crippen molar-refractivity contribution in [2.45, 2.75) is 18.9 Å². The van der Waals surface area contributed by atoms with Gasteiger partial charge in [0.1, 0.15) is 11.6 Å². The molecule has 0 bridgehead atoms. The average molecular weight is 284 g/mol. The van der Waals surface area contributed by atoms with E-state index in [4.69, 9.17) is 11.6 Å². The molecule has 0 aliphatic heterocycles. The molecule has 5 heteroatoms. The Morgan fingerprint density at radius 1 is 1.16 bits per heavy atom. The molecule has 0 amide bonds. The first-order valence-corrected chi connectivity index (χ1v) is 6.15. The van der Waals surface area contributed by atoms with Gasteiger partial charge in [-0.25, -0.2) is 8.78 Å². The Hall–Kier alpha value is -1.52. The number of nitrogens with zero attached hydrogens (tertiary/aromatic N) is 1. The molecule has 1 N–H and O–H groups in total. The molecule has 1 aromatic heterocycles. The minimum Gasteiger partial charge on any atom is -0.392 e. The van der Waals surface area contributed by atoms with Crippen LogP contribution in [0.2, 0.25) is 5.02 Å². The molecular formula is C14H12ClF2NO. The highest BCUT2D eigenvalue weighted by molar-refractivity contribution is 6.31. The van der Waals surface area contributed by atoms with Gasteiger partial charge in [0, 0.05) is 30.8 Å². The van der Waals surface area contributed by atoms with Crippen LogP contribution in [0.5, 0.6) is 0 Å². The first-order chi connectivity index (χ1) is 9.08. The van der Waals surface area contributed by atoms with Crippen molar-refractivity contribution in [1.29, 1.82) is 0 Å². The quantitative estimate of drug-likeness (QED) is 0.935. The molecule has 2 rings (SSSR count). The number of hydrogen-bond donors (Lipinski definition) is 1. The molecule has 0 radical (unpaired) electrons. The van der Waals surface area contributed by atoms with Gasteiger partial charge in [-0.15, -0.1) is 0 Å². The van der Waals surface area contributed by atoms with Crippen molar-refractivity contribution >= 4 is 11.6 Å². The van der Waals surface area contributed by atoms with Gasteiger partial charge in [0.2, 0.25) is 0 Å². The Bertz CT molecular complexity index is 557. The minimum absolute atomic E-state index is 0.100. The number of halogens is 3. The molecule has 0 fully saturated rings. The zero-order valence-corrected chi connectivity index (χ0v) is 10.7. The molecule has 1 aromatic carbocycles. The summed E-state index contributed by atoms with van der Waals surface area (Å²) in [6.07, 6.45) is 2.23. The van der Waals surface area contributed by atoms with Crippen LogP contribution in [0.15, 0.2) is 36.7 Å². The van der Waals surface area contributed by atoms with Crippen molar-refractivity contribution < 1.29 is 13.9 Å². The van der Waals surface area contributed by atoms with Gasteiger partial charge in [-0.3, -0.25) is 4.98 Å². The van der Waals surface area contributed by atoms with E-state index >= 15 is 0 Å². The number of aromatic nitrogens is 1. The lowest BCUT2D eigenvalue weighted by Crippen LogP contribution is -2.16. The summed E-state index contributed by atoms with van der Waals surface area (Å²) in [5.74, 6) is -1.31. The predicted octanol–water partition coefficient (Wildman–Crippen LogP) is 3.16. The highest BCUT2D eigenvalue weighted by Crippen LogP contribution is 2.19. The number of rotatable bonds is 4. The Morgan fingerprint density at radius 2 is 1.84 bits per heavy atom. The van der Waals surface area contributed by atoms with Gasteiger partial charge in [0.05, 0.1) is 11.1 Å². The zero-order chi connectivity index (χ0) is 13.8. The van der Waals surface area contributed by atoms with E-state index in [2.05, 4.69) is 4.98 Å². The van der Waals surface area contributed by atoms with Crippen molar-refractivity contribution in [1.82, 2.24) is 4.98 Å². The van der Waals surface area contributed by atoms with Crippen LogP contribution < -0.4 is 0 Å². The smallest absolute Gasteiger partial charge is 0.129 e. The van der Waals surface area contributed by atoms with Crippen LogP contribution in [0.25, 0.3) is 0 Å². The van der Waals surface area contributed by atoms with Crippen molar-refractivity contribution in [3.63, 3.8) is 0 Å². The first kappa shape index (κ1) is 13.9. The van der Waals surface area contributed by atoms with Gasteiger partial charge in [0.25, 0.3) is 0 Å². The number of pyridine rings is 1. The van der Waals surface area contributed by atoms with Gasteiger partial charge in [0.15, 0.2) is 0 Å². The lowest BCUT2D eigenvalue weighted by Gasteiger charge is -2.12. The van der Waals surface area contributed by atoms with E-state index in [0.29, 0.717) is 10.6 Å². The van der Waals surface area contributed by atoms with Gasteiger partial charge >= 0.3 is 0 Å². The van der Waals surface area contributed by atoms with Crippen LogP contribution in [0, 0.1) is 11.6 Å². The minimum atomic E-state index is -0.911. The molecule has 100 valence electrons. The fraction of sp³-hybridized carbons (Fsp3) is 0.214. The van der Waals surface area contributed by atoms with Gasteiger partial charge in [-0.2, -0.15) is 0 Å². The first-order valence-electron chi connectivity index (χ1n) is 5.77. The fourth-order valence-electron chi connectivity index (χ4n) is 1.86. The van der Waals surface area contributed by atoms with Crippen molar-refractivity contribution in [3.05, 3.63) is 64.4 Å². The van der Waals surface area contributed by atoms with E-state index < -0.39 is 17.7 Å². The Morgan fingerprint density at radius 3 is 2.47 bits per heavy atom. The van der Waals surface area contributed by atoms with E-state index in [1.807, 2.05) is 0 Å². The molecule has 0 aliphatic carbocycles. The van der Waals surface area contributed by atoms with E-state index in [1.54, 1.807) is 12.3 Å². The van der Waals surface area contributed by atoms with E-state index in [-0.39, 0.29) is 18.4 Å². The van der Waals surface area contributed by atoms with E-state index in [0.717, 1.165) is 0 Å². The van der Waals surface area contributed by atoms with Crippen LogP contribution in [0.3, 0.4) is 0 Å². The van der Waals surface area contributed by atoms with Gasteiger partial charge in [-0.05, 0) is 23.8 Å². The fourth-order valence-corrected chi connectivity index (χ4v) is 2.06. The van der Waals surface area contributed by atoms with Crippen LogP contribution >= 0.6 is 11.6 Å². The maximum Gasteiger partial charge on any atom is 0.129 e. The summed E-state index contributed by atoms with van der Waals surface area (Å²) in [6.45, 7) is 0. The van der Waals surface area contributed by atoms with Crippen molar-refractivity contribution in [2.24, 2.45) is 0 Å². The lowest BCUT2D eigenvalue weighted by molar-refractivity contribution is 0.172. The number of aliphatic hydroxyl groups excluding tert-OH is 1. The summed E-state index contributed by atoms with van der Waals surface area (Å²) >= 11 is 5.91. The van der Waals surface area contributed by atoms with Crippen LogP contribution in [0.4, 0.5) is 8.78 Å². The zero-order valence-electron chi connectivity index (χ0n) is 9.98. The average Bonchev–Trinajstić information content (AvgIpc) is 2.37. The molecule has 2 aromatic rings. The largest absolute Gasteiger partial charge is 0.392 e. The highest BCUT2D eigenvalue weighted by Gasteiger charge is 2.15. The van der Waals surface area contributed by atoms with E-state index in [9.17, 15) is 13.9 Å². The summed E-state index contributed by atoms with van der Waals surface area (Å²) in [7, 11) is 0. The highest BCUT2D eigenvalue weighted by atomic mass is 35.5. The number of hydrogen-bond acceptors (Lipinski definition) is 2. The molecule has 0 saturated carbocycles. The molecule has 0 spiro atoms. The second-order valence-electron chi connectivity index (χ2n) is 4.23. The molecule has 19 heavy (non-hydrogen) atoms. The van der Waals surface area contributed by atoms with Crippen LogP contribution in [0.1, 0.15) is 11.1 Å². The van der Waals surface area contributed by atoms with Gasteiger partial charge < -0.3 is 5.11 Å². The Kier molecular flexibility index (Phi) is 4.45. The summed E-state index contributed by atoms with van der Waals surface area (Å²) in [4.78, 5) is 3.83. The Labute approximate surface area is 114 Å². The van der Waals surface area contributed by atoms with Crippen LogP contribution in [-0.2, 0) is 12.8 Å². The van der Waals surface area contributed by atoms with Crippen molar-refractivity contribution in [2.75, 3.05) is 0 Å². The normalized spacial score (nSPS) is 12.4. The van der Waals surface area contributed by atoms with Gasteiger partial charge in [-0.1, -0.05) is 17.7 Å². The predicted molar refractivity (Wildman–Crippen MR) is 69.0 cm³/mol. The third-order valence-electron chi connectivity index (χ3n) is 2.81. The maximum absolute atomic E-state index is 13.4. The maximum atomic E-state index is 13.4. The summed E-state index contributed by atoms with van der Waals surface area (Å²) in [6, 6.07) is 5.30. The monoisotopic (exact) mass is 283 g/mol. The molecule has 1 atom stereocenters. The molecule has 0 aliphatic rings. The standard InChI is InChI=1S/C14H12ClF2NO/c15-12-8-18-5-4-9(12)6-10(19)7-11-13(16)2-1-3-14(11)17/h1-5,8,10,19H,6-7H2. The second-order valence-corrected chi connectivity index (χ2v) is 4.64. The third kappa shape index (κ3) is 3.49. The summed E-state index contributed by atoms with van der Waals surface area (Å²) in [5.41, 5.74) is 0.584. The molecule has 2 nitrogen and oxygen atoms in total. The van der Waals surface area contributed by atoms with Crippen LogP contribution in [-0.4, -0.2) is 16.2 Å².